The molecule has 0 bridgehead atoms. The highest BCUT2D eigenvalue weighted by Crippen LogP contribution is 2.32. The summed E-state index contributed by atoms with van der Waals surface area (Å²) in [6.45, 7) is 1.45. The van der Waals surface area contributed by atoms with E-state index in [2.05, 4.69) is 17.1 Å². The van der Waals surface area contributed by atoms with Crippen LogP contribution in [-0.4, -0.2) is 41.8 Å². The van der Waals surface area contributed by atoms with E-state index in [-0.39, 0.29) is 6.10 Å². The standard InChI is InChI=1S/C29H29ClN2O4/c1-33-26-10-4-23(5-11-26)24-6-12-27(13-7-24)34-18-28-19-35-29(36-28,20-32-17-16-31-21-32)15-14-22-2-8-25(30)9-3-22/h2-13,16-17,21,28H,14-15,18-20H2,1H3. The van der Waals surface area contributed by atoms with Crippen LogP contribution in [0, 0.1) is 0 Å². The number of hydrogen-bond acceptors (Lipinski definition) is 5. The molecule has 0 amide bonds. The van der Waals surface area contributed by atoms with E-state index in [1.807, 2.05) is 71.4 Å². The van der Waals surface area contributed by atoms with Gasteiger partial charge in [-0.15, -0.1) is 0 Å². The summed E-state index contributed by atoms with van der Waals surface area (Å²) < 4.78 is 26.0. The molecule has 0 spiro atoms. The molecule has 2 atom stereocenters. The predicted octanol–water partition coefficient (Wildman–Crippen LogP) is 6.04. The fourth-order valence-electron chi connectivity index (χ4n) is 4.35. The van der Waals surface area contributed by atoms with Gasteiger partial charge >= 0.3 is 0 Å². The first kappa shape index (κ1) is 24.4. The Hall–Kier alpha value is -3.32. The maximum atomic E-state index is 6.47. The van der Waals surface area contributed by atoms with E-state index in [9.17, 15) is 0 Å². The Kier molecular flexibility index (Phi) is 7.56. The summed E-state index contributed by atoms with van der Waals surface area (Å²) in [5.74, 6) is 0.894. The summed E-state index contributed by atoms with van der Waals surface area (Å²) in [6, 6.07) is 24.0. The Morgan fingerprint density at radius 2 is 1.67 bits per heavy atom. The van der Waals surface area contributed by atoms with E-state index in [4.69, 9.17) is 30.5 Å². The first-order valence-electron chi connectivity index (χ1n) is 12.0. The molecular formula is C29H29ClN2O4. The maximum Gasteiger partial charge on any atom is 0.187 e. The summed E-state index contributed by atoms with van der Waals surface area (Å²) in [5, 5.41) is 0.731. The van der Waals surface area contributed by atoms with E-state index in [0.717, 1.165) is 34.1 Å². The van der Waals surface area contributed by atoms with Crippen molar-refractivity contribution in [3.05, 3.63) is 102 Å². The van der Waals surface area contributed by atoms with Crippen molar-refractivity contribution in [2.24, 2.45) is 0 Å². The van der Waals surface area contributed by atoms with Crippen molar-refractivity contribution < 1.29 is 18.9 Å². The van der Waals surface area contributed by atoms with Crippen molar-refractivity contribution in [3.8, 4) is 22.6 Å². The molecule has 1 saturated heterocycles. The van der Waals surface area contributed by atoms with Gasteiger partial charge in [0, 0.05) is 23.8 Å². The van der Waals surface area contributed by atoms with Crippen LogP contribution in [-0.2, 0) is 22.4 Å². The van der Waals surface area contributed by atoms with Crippen LogP contribution in [0.25, 0.3) is 11.1 Å². The molecule has 0 saturated carbocycles. The second-order valence-electron chi connectivity index (χ2n) is 8.89. The molecule has 0 radical (unpaired) electrons. The van der Waals surface area contributed by atoms with Crippen molar-refractivity contribution in [1.29, 1.82) is 0 Å². The molecule has 3 aromatic carbocycles. The van der Waals surface area contributed by atoms with Gasteiger partial charge in [0.1, 0.15) is 24.2 Å². The Bertz CT molecular complexity index is 1230. The summed E-state index contributed by atoms with van der Waals surface area (Å²) in [6.07, 6.45) is 6.82. The van der Waals surface area contributed by atoms with Gasteiger partial charge < -0.3 is 23.5 Å². The van der Waals surface area contributed by atoms with Gasteiger partial charge in [-0.25, -0.2) is 4.98 Å². The lowest BCUT2D eigenvalue weighted by Crippen LogP contribution is -2.37. The number of imidazole rings is 1. The van der Waals surface area contributed by atoms with Gasteiger partial charge in [-0.1, -0.05) is 48.0 Å². The third kappa shape index (κ3) is 6.08. The summed E-state index contributed by atoms with van der Waals surface area (Å²) in [4.78, 5) is 4.16. The lowest BCUT2D eigenvalue weighted by atomic mass is 10.0. The van der Waals surface area contributed by atoms with Crippen LogP contribution in [0.1, 0.15) is 12.0 Å². The average Bonchev–Trinajstić information content (AvgIpc) is 3.58. The van der Waals surface area contributed by atoms with Gasteiger partial charge in [0.25, 0.3) is 0 Å². The number of ether oxygens (including phenoxy) is 4. The van der Waals surface area contributed by atoms with E-state index in [1.165, 1.54) is 5.56 Å². The summed E-state index contributed by atoms with van der Waals surface area (Å²) in [5.41, 5.74) is 3.43. The highest BCUT2D eigenvalue weighted by atomic mass is 35.5. The fraction of sp³-hybridized carbons (Fsp3) is 0.276. The lowest BCUT2D eigenvalue weighted by molar-refractivity contribution is -0.184. The minimum Gasteiger partial charge on any atom is -0.497 e. The molecule has 5 rings (SSSR count). The zero-order chi connectivity index (χ0) is 24.8. The Labute approximate surface area is 216 Å². The quantitative estimate of drug-likeness (QED) is 0.264. The summed E-state index contributed by atoms with van der Waals surface area (Å²) in [7, 11) is 1.67. The minimum atomic E-state index is -0.743. The molecule has 36 heavy (non-hydrogen) atoms. The molecule has 4 aromatic rings. The Balaban J connectivity index is 1.19. The first-order chi connectivity index (χ1) is 17.6. The van der Waals surface area contributed by atoms with Gasteiger partial charge in [-0.3, -0.25) is 0 Å². The molecule has 0 N–H and O–H groups in total. The van der Waals surface area contributed by atoms with Gasteiger partial charge in [0.2, 0.25) is 0 Å². The Morgan fingerprint density at radius 3 is 2.31 bits per heavy atom. The monoisotopic (exact) mass is 504 g/mol. The molecule has 7 heteroatoms. The first-order valence-corrected chi connectivity index (χ1v) is 12.4. The maximum absolute atomic E-state index is 6.47. The molecule has 2 unspecified atom stereocenters. The third-order valence-electron chi connectivity index (χ3n) is 6.32. The second-order valence-corrected chi connectivity index (χ2v) is 9.32. The number of nitrogens with zero attached hydrogens (tertiary/aromatic N) is 2. The molecule has 6 nitrogen and oxygen atoms in total. The lowest BCUT2D eigenvalue weighted by Gasteiger charge is -2.28. The number of hydrogen-bond donors (Lipinski definition) is 0. The molecule has 2 heterocycles. The number of halogens is 1. The van der Waals surface area contributed by atoms with Crippen molar-refractivity contribution in [1.82, 2.24) is 9.55 Å². The molecule has 1 aromatic heterocycles. The third-order valence-corrected chi connectivity index (χ3v) is 6.57. The zero-order valence-corrected chi connectivity index (χ0v) is 20.9. The number of methoxy groups -OCH3 is 1. The smallest absolute Gasteiger partial charge is 0.187 e. The van der Waals surface area contributed by atoms with Crippen LogP contribution >= 0.6 is 11.6 Å². The van der Waals surface area contributed by atoms with E-state index in [1.54, 1.807) is 19.6 Å². The molecule has 0 aliphatic carbocycles. The van der Waals surface area contributed by atoms with Crippen molar-refractivity contribution >= 4 is 11.6 Å². The van der Waals surface area contributed by atoms with Gasteiger partial charge in [0.15, 0.2) is 5.79 Å². The SMILES string of the molecule is COc1ccc(-c2ccc(OCC3COC(CCc4ccc(Cl)cc4)(Cn4ccnc4)O3)cc2)cc1. The largest absolute Gasteiger partial charge is 0.497 e. The predicted molar refractivity (Wildman–Crippen MR) is 139 cm³/mol. The molecule has 1 aliphatic rings. The van der Waals surface area contributed by atoms with Crippen molar-refractivity contribution in [2.75, 3.05) is 20.3 Å². The van der Waals surface area contributed by atoms with Crippen LogP contribution in [0.2, 0.25) is 5.02 Å². The molecule has 1 aliphatic heterocycles. The van der Waals surface area contributed by atoms with Crippen LogP contribution in [0.3, 0.4) is 0 Å². The molecule has 186 valence electrons. The van der Waals surface area contributed by atoms with Gasteiger partial charge in [-0.05, 0) is 59.5 Å². The van der Waals surface area contributed by atoms with Crippen LogP contribution in [0.5, 0.6) is 11.5 Å². The van der Waals surface area contributed by atoms with Crippen LogP contribution in [0.15, 0.2) is 91.5 Å². The number of rotatable bonds is 10. The van der Waals surface area contributed by atoms with E-state index >= 15 is 0 Å². The van der Waals surface area contributed by atoms with E-state index in [0.29, 0.717) is 26.2 Å². The van der Waals surface area contributed by atoms with Gasteiger partial charge in [0.05, 0.1) is 26.6 Å². The van der Waals surface area contributed by atoms with E-state index < -0.39 is 5.79 Å². The minimum absolute atomic E-state index is 0.167. The van der Waals surface area contributed by atoms with Crippen LogP contribution < -0.4 is 9.47 Å². The van der Waals surface area contributed by atoms with Crippen LogP contribution in [0.4, 0.5) is 0 Å². The molecular weight excluding hydrogens is 476 g/mol. The van der Waals surface area contributed by atoms with Crippen molar-refractivity contribution in [2.45, 2.75) is 31.3 Å². The second kappa shape index (κ2) is 11.2. The highest BCUT2D eigenvalue weighted by molar-refractivity contribution is 6.30. The average molecular weight is 505 g/mol. The normalized spacial score (nSPS) is 19.3. The van der Waals surface area contributed by atoms with Gasteiger partial charge in [-0.2, -0.15) is 0 Å². The zero-order valence-electron chi connectivity index (χ0n) is 20.2. The number of aryl methyl sites for hydroxylation is 1. The fourth-order valence-corrected chi connectivity index (χ4v) is 4.48. The highest BCUT2D eigenvalue weighted by Gasteiger charge is 2.42. The topological polar surface area (TPSA) is 54.7 Å². The molecule has 1 fully saturated rings. The Morgan fingerprint density at radius 1 is 0.972 bits per heavy atom. The summed E-state index contributed by atoms with van der Waals surface area (Å²) >= 11 is 6.04. The number of benzene rings is 3. The number of aromatic nitrogens is 2. The van der Waals surface area contributed by atoms with Crippen molar-refractivity contribution in [3.63, 3.8) is 0 Å².